The van der Waals surface area contributed by atoms with Gasteiger partial charge in [-0.2, -0.15) is 0 Å². The molecular formula is H7LiO8Si2. The largest absolute Gasteiger partial charge is 1.00 e. The van der Waals surface area contributed by atoms with Gasteiger partial charge in [-0.25, -0.2) is 0 Å². The number of hydrogen-bond acceptors (Lipinski definition) is 8. The van der Waals surface area contributed by atoms with Crippen LogP contribution in [-0.4, -0.2) is 51.7 Å². The Bertz CT molecular complexity index is 55.1. The Morgan fingerprint density at radius 2 is 0.727 bits per heavy atom. The van der Waals surface area contributed by atoms with Crippen molar-refractivity contribution in [3.05, 3.63) is 0 Å². The maximum absolute atomic E-state index is 8.91. The monoisotopic (exact) mass is 198 g/mol. The van der Waals surface area contributed by atoms with Crippen LogP contribution in [0.4, 0.5) is 0 Å². The Morgan fingerprint density at radius 1 is 0.727 bits per heavy atom. The van der Waals surface area contributed by atoms with Crippen LogP contribution in [0.2, 0.25) is 0 Å². The summed E-state index contributed by atoms with van der Waals surface area (Å²) in [6.45, 7) is 0. The normalized spacial score (nSPS) is 10.9. The van der Waals surface area contributed by atoms with E-state index < -0.39 is 18.1 Å². The molecule has 0 rings (SSSR count). The molecule has 0 amide bonds. The van der Waals surface area contributed by atoms with Gasteiger partial charge in [-0.1, -0.05) is 0 Å². The van der Waals surface area contributed by atoms with Crippen LogP contribution >= 0.6 is 0 Å². The average molecular weight is 198 g/mol. The zero-order valence-electron chi connectivity index (χ0n) is 5.54. The van der Waals surface area contributed by atoms with Crippen LogP contribution in [0, 0.1) is 0 Å². The Labute approximate surface area is 75.8 Å². The zero-order valence-corrected chi connectivity index (χ0v) is 7.54. The first-order valence-corrected chi connectivity index (χ1v) is 5.31. The third-order valence-corrected chi connectivity index (χ3v) is 0. The maximum atomic E-state index is 8.91. The molecule has 11 heavy (non-hydrogen) atoms. The zero-order chi connectivity index (χ0) is 9.00. The Kier molecular flexibility index (Phi) is 10.1. The van der Waals surface area contributed by atoms with Crippen molar-refractivity contribution in [2.45, 2.75) is 0 Å². The SMILES string of the molecule is O[Si](O)(O)O.[Li+].[O-][Si](O)(O)O. The Balaban J connectivity index is -0.000000107. The molecule has 0 radical (unpaired) electrons. The minimum atomic E-state index is -4.86. The van der Waals surface area contributed by atoms with Gasteiger partial charge in [-0.15, -0.1) is 0 Å². The summed E-state index contributed by atoms with van der Waals surface area (Å²) in [5.74, 6) is 0. The molecule has 7 N–H and O–H groups in total. The molecular weight excluding hydrogens is 191 g/mol. The van der Waals surface area contributed by atoms with Crippen molar-refractivity contribution >= 4 is 18.1 Å². The first kappa shape index (κ1) is 17.7. The van der Waals surface area contributed by atoms with Crippen LogP contribution in [0.3, 0.4) is 0 Å². The van der Waals surface area contributed by atoms with Gasteiger partial charge in [0.1, 0.15) is 0 Å². The molecule has 0 aliphatic heterocycles. The summed E-state index contributed by atoms with van der Waals surface area (Å²) < 4.78 is 0. The molecule has 0 aromatic carbocycles. The fraction of sp³-hybridized carbons (Fsp3) is 0. The molecule has 0 aliphatic rings. The van der Waals surface area contributed by atoms with E-state index in [1.165, 1.54) is 0 Å². The summed E-state index contributed by atoms with van der Waals surface area (Å²) in [5, 5.41) is 0. The minimum Gasteiger partial charge on any atom is -0.794 e. The van der Waals surface area contributed by atoms with E-state index >= 15 is 0 Å². The standard InChI is InChI=1S/Li.H4O4Si.H3O4Si/c;2*1-5(2,3)4/h;1-4H;1-3H/q+1;;-1. The van der Waals surface area contributed by atoms with Crippen LogP contribution in [0.15, 0.2) is 0 Å². The van der Waals surface area contributed by atoms with E-state index in [9.17, 15) is 0 Å². The molecule has 0 aromatic rings. The Morgan fingerprint density at radius 3 is 0.727 bits per heavy atom. The van der Waals surface area contributed by atoms with E-state index in [1.54, 1.807) is 0 Å². The molecule has 0 bridgehead atoms. The van der Waals surface area contributed by atoms with Crippen molar-refractivity contribution in [1.82, 2.24) is 0 Å². The summed E-state index contributed by atoms with van der Waals surface area (Å²) in [6, 6.07) is 0. The smallest absolute Gasteiger partial charge is 0.794 e. The summed E-state index contributed by atoms with van der Waals surface area (Å²) in [6.07, 6.45) is 0. The first-order chi connectivity index (χ1) is 4.00. The van der Waals surface area contributed by atoms with E-state index in [1.807, 2.05) is 0 Å². The van der Waals surface area contributed by atoms with Crippen molar-refractivity contribution in [3.8, 4) is 0 Å². The van der Waals surface area contributed by atoms with Crippen molar-refractivity contribution in [1.29, 1.82) is 0 Å². The molecule has 11 heteroatoms. The van der Waals surface area contributed by atoms with Crippen LogP contribution in [0.5, 0.6) is 0 Å². The maximum Gasteiger partial charge on any atom is 1.00 e. The van der Waals surface area contributed by atoms with Gasteiger partial charge in [0, 0.05) is 0 Å². The van der Waals surface area contributed by atoms with Gasteiger partial charge in [0.15, 0.2) is 0 Å². The van der Waals surface area contributed by atoms with E-state index in [-0.39, 0.29) is 18.9 Å². The predicted octanol–water partition coefficient (Wildman–Crippen LogP) is -8.85. The van der Waals surface area contributed by atoms with Crippen molar-refractivity contribution < 1.29 is 57.2 Å². The first-order valence-electron chi connectivity index (χ1n) is 1.77. The molecule has 0 unspecified atom stereocenters. The fourth-order valence-corrected chi connectivity index (χ4v) is 0. The molecule has 0 aliphatic carbocycles. The van der Waals surface area contributed by atoms with Gasteiger partial charge in [0.05, 0.1) is 0 Å². The topological polar surface area (TPSA) is 165 Å². The quantitative estimate of drug-likeness (QED) is 0.188. The second-order valence-electron chi connectivity index (χ2n) is 1.17. The van der Waals surface area contributed by atoms with Gasteiger partial charge in [0.25, 0.3) is 0 Å². The van der Waals surface area contributed by atoms with Crippen LogP contribution in [0.1, 0.15) is 0 Å². The van der Waals surface area contributed by atoms with E-state index in [0.717, 1.165) is 0 Å². The van der Waals surface area contributed by atoms with Crippen molar-refractivity contribution in [2.24, 2.45) is 0 Å². The number of hydrogen-bond donors (Lipinski definition) is 7. The summed E-state index contributed by atoms with van der Waals surface area (Å²) in [5.41, 5.74) is 0. The average Bonchev–Trinajstić information content (AvgIpc) is 1.12. The van der Waals surface area contributed by atoms with Gasteiger partial charge in [-0.05, 0) is 0 Å². The van der Waals surface area contributed by atoms with Gasteiger partial charge >= 0.3 is 37.0 Å². The minimum absolute atomic E-state index is 0. The Hall–Kier alpha value is 0.711. The van der Waals surface area contributed by atoms with E-state index in [0.29, 0.717) is 0 Å². The van der Waals surface area contributed by atoms with Gasteiger partial charge in [-0.3, -0.25) is 0 Å². The van der Waals surface area contributed by atoms with Crippen molar-refractivity contribution in [2.75, 3.05) is 0 Å². The molecule has 0 saturated heterocycles. The van der Waals surface area contributed by atoms with E-state index in [4.69, 9.17) is 38.4 Å². The summed E-state index contributed by atoms with van der Waals surface area (Å²) in [7, 11) is -9.47. The fourth-order valence-electron chi connectivity index (χ4n) is 0. The van der Waals surface area contributed by atoms with Crippen LogP contribution < -0.4 is 23.7 Å². The molecule has 0 heterocycles. The second-order valence-corrected chi connectivity index (χ2v) is 3.52. The predicted molar refractivity (Wildman–Crippen MR) is 27.0 cm³/mol. The third kappa shape index (κ3) is 1610. The van der Waals surface area contributed by atoms with Crippen LogP contribution in [-0.2, 0) is 0 Å². The molecule has 8 nitrogen and oxygen atoms in total. The second kappa shape index (κ2) is 6.25. The molecule has 0 saturated carbocycles. The molecule has 0 atom stereocenters. The van der Waals surface area contributed by atoms with Crippen molar-refractivity contribution in [3.63, 3.8) is 0 Å². The molecule has 64 valence electrons. The molecule has 0 spiro atoms. The van der Waals surface area contributed by atoms with Gasteiger partial charge in [0.2, 0.25) is 0 Å². The summed E-state index contributed by atoms with van der Waals surface area (Å²) >= 11 is 0. The number of rotatable bonds is 0. The van der Waals surface area contributed by atoms with E-state index in [2.05, 4.69) is 0 Å². The third-order valence-electron chi connectivity index (χ3n) is 0. The molecule has 0 fully saturated rings. The summed E-state index contributed by atoms with van der Waals surface area (Å²) in [4.78, 5) is 59.9. The van der Waals surface area contributed by atoms with Gasteiger partial charge < -0.3 is 38.4 Å². The van der Waals surface area contributed by atoms with Crippen LogP contribution in [0.25, 0.3) is 0 Å². The molecule has 0 aromatic heterocycles.